The average molecular weight is 385 g/mol. The van der Waals surface area contributed by atoms with E-state index in [0.29, 0.717) is 21.7 Å². The van der Waals surface area contributed by atoms with E-state index in [2.05, 4.69) is 15.6 Å². The maximum absolute atomic E-state index is 12.8. The minimum Gasteiger partial charge on any atom is -0.376 e. The second-order valence-electron chi connectivity index (χ2n) is 6.87. The number of aromatic nitrogens is 2. The van der Waals surface area contributed by atoms with Gasteiger partial charge in [-0.05, 0) is 45.2 Å². The second-order valence-corrected chi connectivity index (χ2v) is 7.86. The number of aryl methyl sites for hydroxylation is 2. The van der Waals surface area contributed by atoms with Crippen molar-refractivity contribution in [1.82, 2.24) is 9.55 Å². The lowest BCUT2D eigenvalue weighted by atomic mass is 10.2. The van der Waals surface area contributed by atoms with Crippen LogP contribution in [0, 0.1) is 32.1 Å². The van der Waals surface area contributed by atoms with Crippen LogP contribution in [-0.2, 0) is 11.3 Å². The van der Waals surface area contributed by atoms with Gasteiger partial charge in [0.25, 0.3) is 0 Å². The van der Waals surface area contributed by atoms with Crippen molar-refractivity contribution in [2.24, 2.45) is 0 Å². The summed E-state index contributed by atoms with van der Waals surface area (Å²) in [5, 5.41) is 9.75. The summed E-state index contributed by atoms with van der Waals surface area (Å²) in [6.07, 6.45) is 2.35. The number of ether oxygens (including phenoxy) is 1. The Labute approximate surface area is 162 Å². The fraction of sp³-hybridized carbons (Fsp3) is 0.450. The molecule has 3 heterocycles. The Hall–Kier alpha value is -2.30. The van der Waals surface area contributed by atoms with Gasteiger partial charge in [-0.2, -0.15) is 5.26 Å². The van der Waals surface area contributed by atoms with Crippen molar-refractivity contribution < 1.29 is 9.53 Å². The standard InChI is InChI=1S/C20H23N3O3S/c1-12-7-19(25)22-20(17(12)9-21)27-11-18(24)16-8-13(2)23(14(16)3)10-15-5-4-6-26-15/h7-8,15H,4-6,10-11H2,1-3H3,(H,22,25)/t15-/m1/s1. The number of ketones is 1. The molecule has 1 atom stereocenters. The molecule has 1 aliphatic rings. The van der Waals surface area contributed by atoms with Crippen LogP contribution in [0.5, 0.6) is 0 Å². The predicted octanol–water partition coefficient (Wildman–Crippen LogP) is 3.13. The van der Waals surface area contributed by atoms with E-state index in [1.165, 1.54) is 17.8 Å². The molecule has 1 saturated heterocycles. The van der Waals surface area contributed by atoms with Gasteiger partial charge in [0.05, 0.1) is 22.4 Å². The summed E-state index contributed by atoms with van der Waals surface area (Å²) >= 11 is 1.20. The van der Waals surface area contributed by atoms with Crippen molar-refractivity contribution in [3.05, 3.63) is 50.6 Å². The first-order chi connectivity index (χ1) is 12.9. The van der Waals surface area contributed by atoms with E-state index < -0.39 is 0 Å². The van der Waals surface area contributed by atoms with Gasteiger partial charge in [0.1, 0.15) is 6.07 Å². The van der Waals surface area contributed by atoms with E-state index in [0.717, 1.165) is 37.4 Å². The molecule has 0 bridgehead atoms. The zero-order chi connectivity index (χ0) is 19.6. The minimum absolute atomic E-state index is 0.0158. The van der Waals surface area contributed by atoms with Crippen LogP contribution >= 0.6 is 11.8 Å². The summed E-state index contributed by atoms with van der Waals surface area (Å²) in [4.78, 5) is 27.1. The maximum atomic E-state index is 12.8. The molecule has 7 heteroatoms. The van der Waals surface area contributed by atoms with E-state index in [1.54, 1.807) is 6.92 Å². The number of nitrogens with zero attached hydrogens (tertiary/aromatic N) is 2. The molecule has 142 valence electrons. The third-order valence-electron chi connectivity index (χ3n) is 4.95. The summed E-state index contributed by atoms with van der Waals surface area (Å²) in [5.41, 5.74) is 3.43. The number of H-pyrrole nitrogens is 1. The van der Waals surface area contributed by atoms with E-state index in [4.69, 9.17) is 4.74 Å². The van der Waals surface area contributed by atoms with Gasteiger partial charge in [-0.3, -0.25) is 9.59 Å². The normalized spacial score (nSPS) is 16.4. The number of pyridine rings is 1. The number of hydrogen-bond acceptors (Lipinski definition) is 5. The number of thioether (sulfide) groups is 1. The third-order valence-corrected chi connectivity index (χ3v) is 5.95. The fourth-order valence-electron chi connectivity index (χ4n) is 3.48. The molecule has 0 unspecified atom stereocenters. The summed E-state index contributed by atoms with van der Waals surface area (Å²) in [6.45, 7) is 7.25. The van der Waals surface area contributed by atoms with Gasteiger partial charge in [-0.25, -0.2) is 0 Å². The first-order valence-corrected chi connectivity index (χ1v) is 9.97. The Kier molecular flexibility index (Phi) is 5.88. The van der Waals surface area contributed by atoms with Crippen molar-refractivity contribution >= 4 is 17.5 Å². The molecule has 2 aromatic rings. The number of rotatable bonds is 6. The Morgan fingerprint density at radius 3 is 2.85 bits per heavy atom. The lowest BCUT2D eigenvalue weighted by Crippen LogP contribution is -2.17. The molecule has 2 aromatic heterocycles. The lowest BCUT2D eigenvalue weighted by molar-refractivity contribution is 0.0957. The number of nitriles is 1. The SMILES string of the molecule is Cc1cc(=O)[nH]c(SCC(=O)c2cc(C)n(C[C@H]3CCCO3)c2C)c1C#N. The zero-order valence-electron chi connectivity index (χ0n) is 15.8. The first-order valence-electron chi connectivity index (χ1n) is 8.99. The Balaban J connectivity index is 1.76. The Morgan fingerprint density at radius 2 is 2.19 bits per heavy atom. The number of carbonyl (C=O) groups excluding carboxylic acids is 1. The number of aromatic amines is 1. The third kappa shape index (κ3) is 4.18. The van der Waals surface area contributed by atoms with Crippen LogP contribution in [-0.4, -0.2) is 33.8 Å². The van der Waals surface area contributed by atoms with Crippen LogP contribution in [0.15, 0.2) is 22.0 Å². The lowest BCUT2D eigenvalue weighted by Gasteiger charge is -2.14. The van der Waals surface area contributed by atoms with Crippen molar-refractivity contribution in [3.63, 3.8) is 0 Å². The predicted molar refractivity (Wildman–Crippen MR) is 104 cm³/mol. The van der Waals surface area contributed by atoms with E-state index in [-0.39, 0.29) is 23.2 Å². The van der Waals surface area contributed by atoms with Gasteiger partial charge < -0.3 is 14.3 Å². The summed E-state index contributed by atoms with van der Waals surface area (Å²) in [5.74, 6) is 0.149. The smallest absolute Gasteiger partial charge is 0.249 e. The van der Waals surface area contributed by atoms with Crippen LogP contribution in [0.3, 0.4) is 0 Å². The molecule has 0 aromatic carbocycles. The molecule has 27 heavy (non-hydrogen) atoms. The van der Waals surface area contributed by atoms with E-state index in [9.17, 15) is 14.9 Å². The van der Waals surface area contributed by atoms with Crippen LogP contribution in [0.25, 0.3) is 0 Å². The van der Waals surface area contributed by atoms with Crippen molar-refractivity contribution in [1.29, 1.82) is 5.26 Å². The van der Waals surface area contributed by atoms with Crippen LogP contribution in [0.4, 0.5) is 0 Å². The van der Waals surface area contributed by atoms with Crippen molar-refractivity contribution in [2.75, 3.05) is 12.4 Å². The highest BCUT2D eigenvalue weighted by Gasteiger charge is 2.21. The second kappa shape index (κ2) is 8.15. The molecule has 1 N–H and O–H groups in total. The van der Waals surface area contributed by atoms with Crippen molar-refractivity contribution in [2.45, 2.75) is 51.3 Å². The van der Waals surface area contributed by atoms with Gasteiger partial charge in [0.2, 0.25) is 5.56 Å². The van der Waals surface area contributed by atoms with Crippen molar-refractivity contribution in [3.8, 4) is 6.07 Å². The summed E-state index contributed by atoms with van der Waals surface area (Å²) < 4.78 is 7.86. The van der Waals surface area contributed by atoms with Gasteiger partial charge in [-0.15, -0.1) is 0 Å². The molecule has 6 nitrogen and oxygen atoms in total. The highest BCUT2D eigenvalue weighted by atomic mass is 32.2. The Morgan fingerprint density at radius 1 is 1.41 bits per heavy atom. The van der Waals surface area contributed by atoms with E-state index in [1.807, 2.05) is 19.9 Å². The summed E-state index contributed by atoms with van der Waals surface area (Å²) in [6, 6.07) is 5.41. The maximum Gasteiger partial charge on any atom is 0.249 e. The molecule has 0 radical (unpaired) electrons. The molecule has 3 rings (SSSR count). The molecule has 0 amide bonds. The molecule has 1 fully saturated rings. The van der Waals surface area contributed by atoms with Crippen LogP contribution in [0.1, 0.15) is 45.7 Å². The van der Waals surface area contributed by atoms with Gasteiger partial charge in [-0.1, -0.05) is 11.8 Å². The van der Waals surface area contributed by atoms with Gasteiger partial charge >= 0.3 is 0 Å². The molecular formula is C20H23N3O3S. The number of carbonyl (C=O) groups is 1. The van der Waals surface area contributed by atoms with Crippen LogP contribution < -0.4 is 5.56 Å². The average Bonchev–Trinajstić information content (AvgIpc) is 3.23. The number of hydrogen-bond donors (Lipinski definition) is 1. The van der Waals surface area contributed by atoms with E-state index >= 15 is 0 Å². The fourth-order valence-corrected chi connectivity index (χ4v) is 4.43. The number of nitrogens with one attached hydrogen (secondary N) is 1. The summed E-state index contributed by atoms with van der Waals surface area (Å²) in [7, 11) is 0. The first kappa shape index (κ1) is 19.5. The number of Topliss-reactive ketones (excluding diaryl/α,β-unsaturated/α-hetero) is 1. The minimum atomic E-state index is -0.267. The molecule has 0 spiro atoms. The zero-order valence-corrected chi connectivity index (χ0v) is 16.6. The highest BCUT2D eigenvalue weighted by Crippen LogP contribution is 2.25. The van der Waals surface area contributed by atoms with Crippen LogP contribution in [0.2, 0.25) is 0 Å². The molecular weight excluding hydrogens is 362 g/mol. The topological polar surface area (TPSA) is 87.9 Å². The highest BCUT2D eigenvalue weighted by molar-refractivity contribution is 8.00. The quantitative estimate of drug-likeness (QED) is 0.610. The van der Waals surface area contributed by atoms with Gasteiger partial charge in [0, 0.05) is 36.2 Å². The largest absolute Gasteiger partial charge is 0.376 e. The molecule has 1 aliphatic heterocycles. The molecule has 0 aliphatic carbocycles. The molecule has 0 saturated carbocycles. The van der Waals surface area contributed by atoms with Gasteiger partial charge in [0.15, 0.2) is 5.78 Å². The monoisotopic (exact) mass is 385 g/mol. The Bertz CT molecular complexity index is 962.